The Balaban J connectivity index is 1.79. The van der Waals surface area contributed by atoms with Crippen molar-refractivity contribution < 1.29 is 17.6 Å². The minimum Gasteiger partial charge on any atom is -0.463 e. The zero-order valence-electron chi connectivity index (χ0n) is 14.4. The summed E-state index contributed by atoms with van der Waals surface area (Å²) in [5.41, 5.74) is 2.19. The number of aromatic nitrogens is 3. The van der Waals surface area contributed by atoms with Crippen molar-refractivity contribution in [2.24, 2.45) is 7.05 Å². The molecular weight excluding hydrogens is 356 g/mol. The third-order valence-corrected chi connectivity index (χ3v) is 6.32. The Morgan fingerprint density at radius 1 is 1.42 bits per heavy atom. The van der Waals surface area contributed by atoms with Gasteiger partial charge in [0.2, 0.25) is 0 Å². The monoisotopic (exact) mass is 374 g/mol. The van der Waals surface area contributed by atoms with E-state index >= 15 is 0 Å². The SMILES string of the molecule is Cc1nn(C)c2nc(-c3ccco3)cc(C(=O)N[C@H]3CCS(=O)(=O)C3)c12. The molecule has 3 aromatic rings. The molecule has 1 atom stereocenters. The summed E-state index contributed by atoms with van der Waals surface area (Å²) >= 11 is 0. The second kappa shape index (κ2) is 5.94. The first-order valence-electron chi connectivity index (χ1n) is 8.23. The number of fused-ring (bicyclic) bond motifs is 1. The zero-order valence-corrected chi connectivity index (χ0v) is 15.2. The quantitative estimate of drug-likeness (QED) is 0.744. The van der Waals surface area contributed by atoms with Gasteiger partial charge in [0.1, 0.15) is 5.69 Å². The van der Waals surface area contributed by atoms with Crippen LogP contribution in [0.2, 0.25) is 0 Å². The maximum absolute atomic E-state index is 12.9. The molecule has 1 fully saturated rings. The number of amides is 1. The second-order valence-electron chi connectivity index (χ2n) is 6.51. The van der Waals surface area contributed by atoms with Crippen LogP contribution < -0.4 is 5.32 Å². The van der Waals surface area contributed by atoms with Crippen LogP contribution >= 0.6 is 0 Å². The molecule has 1 aliphatic heterocycles. The van der Waals surface area contributed by atoms with E-state index in [-0.39, 0.29) is 23.5 Å². The Morgan fingerprint density at radius 2 is 2.23 bits per heavy atom. The lowest BCUT2D eigenvalue weighted by Gasteiger charge is -2.12. The van der Waals surface area contributed by atoms with Gasteiger partial charge in [-0.15, -0.1) is 0 Å². The predicted molar refractivity (Wildman–Crippen MR) is 95.5 cm³/mol. The first-order valence-corrected chi connectivity index (χ1v) is 10.1. The molecule has 1 aliphatic rings. The summed E-state index contributed by atoms with van der Waals surface area (Å²) < 4.78 is 30.3. The van der Waals surface area contributed by atoms with E-state index in [4.69, 9.17) is 4.42 Å². The summed E-state index contributed by atoms with van der Waals surface area (Å²) in [5, 5.41) is 7.85. The maximum atomic E-state index is 12.9. The minimum absolute atomic E-state index is 0.0238. The van der Waals surface area contributed by atoms with Crippen molar-refractivity contribution in [3.05, 3.63) is 35.7 Å². The van der Waals surface area contributed by atoms with Crippen molar-refractivity contribution in [1.29, 1.82) is 0 Å². The molecule has 0 saturated carbocycles. The van der Waals surface area contributed by atoms with Gasteiger partial charge in [0.05, 0.1) is 34.4 Å². The molecule has 3 aromatic heterocycles. The van der Waals surface area contributed by atoms with Gasteiger partial charge in [-0.3, -0.25) is 9.48 Å². The van der Waals surface area contributed by atoms with Crippen LogP contribution in [0.15, 0.2) is 28.9 Å². The number of carbonyl (C=O) groups is 1. The standard InChI is InChI=1S/C17H18N4O4S/c1-10-15-12(17(22)18-11-5-7-26(23,24)9-11)8-13(14-4-3-6-25-14)19-16(15)21(2)20-10/h3-4,6,8,11H,5,7,9H2,1-2H3,(H,18,22)/t11-/m0/s1. The highest BCUT2D eigenvalue weighted by Crippen LogP contribution is 2.27. The molecule has 1 amide bonds. The molecule has 0 aliphatic carbocycles. The van der Waals surface area contributed by atoms with E-state index in [0.717, 1.165) is 0 Å². The summed E-state index contributed by atoms with van der Waals surface area (Å²) in [5.74, 6) is 0.295. The van der Waals surface area contributed by atoms with Gasteiger partial charge in [-0.2, -0.15) is 5.10 Å². The number of carbonyl (C=O) groups excluding carboxylic acids is 1. The molecule has 4 heterocycles. The number of pyridine rings is 1. The van der Waals surface area contributed by atoms with Crippen LogP contribution in [0.3, 0.4) is 0 Å². The number of rotatable bonds is 3. The van der Waals surface area contributed by atoms with E-state index in [2.05, 4.69) is 15.4 Å². The fourth-order valence-electron chi connectivity index (χ4n) is 3.35. The van der Waals surface area contributed by atoms with Crippen LogP contribution in [0, 0.1) is 6.92 Å². The van der Waals surface area contributed by atoms with Crippen LogP contribution in [0.4, 0.5) is 0 Å². The van der Waals surface area contributed by atoms with Gasteiger partial charge in [0.15, 0.2) is 21.2 Å². The number of nitrogens with one attached hydrogen (secondary N) is 1. The van der Waals surface area contributed by atoms with E-state index in [1.807, 2.05) is 6.92 Å². The van der Waals surface area contributed by atoms with Crippen molar-refractivity contribution in [3.63, 3.8) is 0 Å². The molecule has 4 rings (SSSR count). The van der Waals surface area contributed by atoms with E-state index < -0.39 is 9.84 Å². The Morgan fingerprint density at radius 3 is 2.88 bits per heavy atom. The van der Waals surface area contributed by atoms with Gasteiger partial charge in [-0.05, 0) is 31.5 Å². The fourth-order valence-corrected chi connectivity index (χ4v) is 5.02. The third-order valence-electron chi connectivity index (χ3n) is 4.55. The van der Waals surface area contributed by atoms with E-state index in [0.29, 0.717) is 40.2 Å². The number of sulfone groups is 1. The van der Waals surface area contributed by atoms with Gasteiger partial charge in [0.25, 0.3) is 5.91 Å². The summed E-state index contributed by atoms with van der Waals surface area (Å²) in [6.45, 7) is 1.81. The maximum Gasteiger partial charge on any atom is 0.252 e. The molecular formula is C17H18N4O4S. The lowest BCUT2D eigenvalue weighted by molar-refractivity contribution is 0.0942. The van der Waals surface area contributed by atoms with Crippen molar-refractivity contribution in [2.75, 3.05) is 11.5 Å². The Labute approximate surface area is 150 Å². The molecule has 0 radical (unpaired) electrons. The summed E-state index contributed by atoms with van der Waals surface area (Å²) in [6, 6.07) is 4.80. The second-order valence-corrected chi connectivity index (χ2v) is 8.74. The number of aryl methyl sites for hydroxylation is 2. The van der Waals surface area contributed by atoms with Gasteiger partial charge < -0.3 is 9.73 Å². The van der Waals surface area contributed by atoms with E-state index in [1.165, 1.54) is 0 Å². The highest BCUT2D eigenvalue weighted by Gasteiger charge is 2.30. The van der Waals surface area contributed by atoms with Gasteiger partial charge in [-0.1, -0.05) is 0 Å². The van der Waals surface area contributed by atoms with Crippen LogP contribution in [-0.4, -0.2) is 46.6 Å². The zero-order chi connectivity index (χ0) is 18.5. The molecule has 26 heavy (non-hydrogen) atoms. The topological polar surface area (TPSA) is 107 Å². The third kappa shape index (κ3) is 2.88. The van der Waals surface area contributed by atoms with Gasteiger partial charge in [-0.25, -0.2) is 13.4 Å². The number of hydrogen-bond acceptors (Lipinski definition) is 6. The Kier molecular flexibility index (Phi) is 3.83. The average Bonchev–Trinajstić information content (AvgIpc) is 3.28. The Bertz CT molecular complexity index is 1100. The number of nitrogens with zero attached hydrogens (tertiary/aromatic N) is 3. The highest BCUT2D eigenvalue weighted by atomic mass is 32.2. The molecule has 0 bridgehead atoms. The molecule has 0 aromatic carbocycles. The normalized spacial score (nSPS) is 19.1. The van der Waals surface area contributed by atoms with Crippen LogP contribution in [0.25, 0.3) is 22.5 Å². The first kappa shape index (κ1) is 16.8. The molecule has 1 N–H and O–H groups in total. The first-order chi connectivity index (χ1) is 12.3. The molecule has 9 heteroatoms. The molecule has 0 spiro atoms. The minimum atomic E-state index is -3.07. The molecule has 0 unspecified atom stereocenters. The summed E-state index contributed by atoms with van der Waals surface area (Å²) in [4.78, 5) is 17.5. The average molecular weight is 374 g/mol. The van der Waals surface area contributed by atoms with Crippen LogP contribution in [0.1, 0.15) is 22.5 Å². The smallest absolute Gasteiger partial charge is 0.252 e. The molecule has 8 nitrogen and oxygen atoms in total. The van der Waals surface area contributed by atoms with E-state index in [9.17, 15) is 13.2 Å². The molecule has 136 valence electrons. The largest absolute Gasteiger partial charge is 0.463 e. The molecule has 1 saturated heterocycles. The van der Waals surface area contributed by atoms with Gasteiger partial charge in [0, 0.05) is 13.1 Å². The lowest BCUT2D eigenvalue weighted by atomic mass is 10.1. The highest BCUT2D eigenvalue weighted by molar-refractivity contribution is 7.91. The summed E-state index contributed by atoms with van der Waals surface area (Å²) in [7, 11) is -1.31. The number of hydrogen-bond donors (Lipinski definition) is 1. The summed E-state index contributed by atoms with van der Waals surface area (Å²) in [6.07, 6.45) is 1.97. The van der Waals surface area contributed by atoms with Crippen molar-refractivity contribution >= 4 is 26.8 Å². The lowest BCUT2D eigenvalue weighted by Crippen LogP contribution is -2.35. The van der Waals surface area contributed by atoms with Crippen molar-refractivity contribution in [3.8, 4) is 11.5 Å². The Hall–Kier alpha value is -2.68. The van der Waals surface area contributed by atoms with Crippen LogP contribution in [-0.2, 0) is 16.9 Å². The fraction of sp³-hybridized carbons (Fsp3) is 0.353. The van der Waals surface area contributed by atoms with Crippen LogP contribution in [0.5, 0.6) is 0 Å². The van der Waals surface area contributed by atoms with Crippen molar-refractivity contribution in [2.45, 2.75) is 19.4 Å². The van der Waals surface area contributed by atoms with Gasteiger partial charge >= 0.3 is 0 Å². The van der Waals surface area contributed by atoms with Crippen molar-refractivity contribution in [1.82, 2.24) is 20.1 Å². The predicted octanol–water partition coefficient (Wildman–Crippen LogP) is 1.45. The number of furan rings is 1. The van der Waals surface area contributed by atoms with E-state index in [1.54, 1.807) is 36.2 Å².